The molecule has 0 spiro atoms. The zero-order valence-electron chi connectivity index (χ0n) is 11.6. The highest BCUT2D eigenvalue weighted by Crippen LogP contribution is 2.36. The van der Waals surface area contributed by atoms with Crippen LogP contribution in [0, 0.1) is 0 Å². The minimum atomic E-state index is -0.346. The summed E-state index contributed by atoms with van der Waals surface area (Å²) in [4.78, 5) is 16.7. The van der Waals surface area contributed by atoms with E-state index in [2.05, 4.69) is 11.9 Å². The van der Waals surface area contributed by atoms with Crippen LogP contribution in [0.2, 0.25) is 0 Å². The second-order valence-corrected chi connectivity index (χ2v) is 5.91. The van der Waals surface area contributed by atoms with E-state index in [1.807, 2.05) is 11.0 Å². The minimum absolute atomic E-state index is 0.176. The van der Waals surface area contributed by atoms with Crippen LogP contribution in [0.5, 0.6) is 0 Å². The Morgan fingerprint density at radius 2 is 2.05 bits per heavy atom. The van der Waals surface area contributed by atoms with E-state index in [-0.39, 0.29) is 12.0 Å². The van der Waals surface area contributed by atoms with Crippen molar-refractivity contribution in [2.24, 2.45) is 0 Å². The average molecular weight is 262 g/mol. The molecule has 1 fully saturated rings. The van der Waals surface area contributed by atoms with E-state index in [9.17, 15) is 9.90 Å². The maximum Gasteiger partial charge on any atom is 0.250 e. The Bertz CT molecular complexity index is 445. The van der Waals surface area contributed by atoms with Gasteiger partial charge in [0.25, 0.3) is 0 Å². The highest BCUT2D eigenvalue weighted by Gasteiger charge is 2.30. The molecule has 0 aromatic rings. The van der Waals surface area contributed by atoms with Gasteiger partial charge in [-0.2, -0.15) is 0 Å². The van der Waals surface area contributed by atoms with Crippen molar-refractivity contribution in [1.29, 1.82) is 0 Å². The number of nitrogens with zero attached hydrogens (tertiary/aromatic N) is 2. The van der Waals surface area contributed by atoms with Crippen LogP contribution in [0.25, 0.3) is 0 Å². The molecule has 2 aliphatic carbocycles. The second-order valence-electron chi connectivity index (χ2n) is 5.91. The number of likely N-dealkylation sites (N-methyl/N-ethyl adjacent to an activating group) is 1. The van der Waals surface area contributed by atoms with Gasteiger partial charge in [-0.25, -0.2) is 0 Å². The van der Waals surface area contributed by atoms with Gasteiger partial charge in [-0.05, 0) is 44.4 Å². The topological polar surface area (TPSA) is 43.8 Å². The predicted molar refractivity (Wildman–Crippen MR) is 73.7 cm³/mol. The zero-order valence-corrected chi connectivity index (χ0v) is 11.6. The van der Waals surface area contributed by atoms with Gasteiger partial charge in [-0.1, -0.05) is 5.57 Å². The van der Waals surface area contributed by atoms with Gasteiger partial charge in [-0.3, -0.25) is 4.79 Å². The molecule has 1 atom stereocenters. The smallest absolute Gasteiger partial charge is 0.250 e. The maximum absolute atomic E-state index is 12.5. The summed E-state index contributed by atoms with van der Waals surface area (Å²) < 4.78 is 0. The van der Waals surface area contributed by atoms with Crippen molar-refractivity contribution in [1.82, 2.24) is 9.80 Å². The van der Waals surface area contributed by atoms with Gasteiger partial charge in [0.1, 0.15) is 0 Å². The fourth-order valence-corrected chi connectivity index (χ4v) is 3.25. The van der Waals surface area contributed by atoms with Crippen molar-refractivity contribution in [2.45, 2.75) is 31.8 Å². The Morgan fingerprint density at radius 1 is 1.32 bits per heavy atom. The number of carbonyl (C=O) groups is 1. The van der Waals surface area contributed by atoms with Crippen LogP contribution in [0.1, 0.15) is 25.7 Å². The van der Waals surface area contributed by atoms with E-state index in [1.165, 1.54) is 5.57 Å². The Hall–Kier alpha value is -1.13. The third-order valence-corrected chi connectivity index (χ3v) is 4.52. The second kappa shape index (κ2) is 5.10. The number of allylic oxidation sites excluding steroid dienone is 1. The highest BCUT2D eigenvalue weighted by atomic mass is 16.3. The summed E-state index contributed by atoms with van der Waals surface area (Å²) in [5, 5.41) is 9.99. The number of aliphatic hydroxyl groups excluding tert-OH is 1. The van der Waals surface area contributed by atoms with Crippen molar-refractivity contribution in [3.63, 3.8) is 0 Å². The number of piperazine rings is 1. The number of hydrogen-bond acceptors (Lipinski definition) is 3. The minimum Gasteiger partial charge on any atom is -0.388 e. The van der Waals surface area contributed by atoms with Gasteiger partial charge >= 0.3 is 0 Å². The molecule has 0 saturated carbocycles. The summed E-state index contributed by atoms with van der Waals surface area (Å²) in [7, 11) is 2.09. The molecule has 0 radical (unpaired) electrons. The number of amides is 1. The molecule has 1 unspecified atom stereocenters. The molecule has 1 saturated heterocycles. The van der Waals surface area contributed by atoms with E-state index in [0.717, 1.165) is 63.0 Å². The van der Waals surface area contributed by atoms with Crippen molar-refractivity contribution >= 4 is 5.91 Å². The first-order chi connectivity index (χ1) is 9.15. The molecule has 1 heterocycles. The van der Waals surface area contributed by atoms with Crippen molar-refractivity contribution in [2.75, 3.05) is 33.2 Å². The molecule has 19 heavy (non-hydrogen) atoms. The first-order valence-corrected chi connectivity index (χ1v) is 7.23. The van der Waals surface area contributed by atoms with Gasteiger partial charge in [0, 0.05) is 31.8 Å². The monoisotopic (exact) mass is 262 g/mol. The summed E-state index contributed by atoms with van der Waals surface area (Å²) in [6.07, 6.45) is 5.30. The van der Waals surface area contributed by atoms with Crippen molar-refractivity contribution in [3.05, 3.63) is 22.8 Å². The lowest BCUT2D eigenvalue weighted by atomic mass is 9.91. The number of carbonyl (C=O) groups excluding carboxylic acids is 1. The third-order valence-electron chi connectivity index (χ3n) is 4.52. The fraction of sp³-hybridized carbons (Fsp3) is 0.667. The molecule has 4 nitrogen and oxygen atoms in total. The van der Waals surface area contributed by atoms with Crippen LogP contribution in [-0.4, -0.2) is 60.1 Å². The van der Waals surface area contributed by atoms with E-state index < -0.39 is 0 Å². The van der Waals surface area contributed by atoms with E-state index in [1.54, 1.807) is 0 Å². The molecule has 0 aromatic carbocycles. The molecule has 1 N–H and O–H groups in total. The van der Waals surface area contributed by atoms with Crippen LogP contribution in [0.4, 0.5) is 0 Å². The maximum atomic E-state index is 12.5. The Kier molecular flexibility index (Phi) is 3.46. The van der Waals surface area contributed by atoms with Crippen LogP contribution in [-0.2, 0) is 4.79 Å². The van der Waals surface area contributed by atoms with Gasteiger partial charge in [0.05, 0.1) is 6.10 Å². The summed E-state index contributed by atoms with van der Waals surface area (Å²) in [6.45, 7) is 3.55. The summed E-state index contributed by atoms with van der Waals surface area (Å²) in [5.74, 6) is 0.176. The number of rotatable bonds is 1. The van der Waals surface area contributed by atoms with Crippen LogP contribution in [0.3, 0.4) is 0 Å². The molecule has 3 aliphatic rings. The van der Waals surface area contributed by atoms with Crippen molar-refractivity contribution < 1.29 is 9.90 Å². The lowest BCUT2D eigenvalue weighted by Gasteiger charge is -2.32. The summed E-state index contributed by atoms with van der Waals surface area (Å²) in [5.41, 5.74) is 3.20. The summed E-state index contributed by atoms with van der Waals surface area (Å²) in [6, 6.07) is 0. The molecular weight excluding hydrogens is 240 g/mol. The highest BCUT2D eigenvalue weighted by molar-refractivity contribution is 5.95. The molecular formula is C15H22N2O2. The van der Waals surface area contributed by atoms with Crippen molar-refractivity contribution in [3.8, 4) is 0 Å². The lowest BCUT2D eigenvalue weighted by molar-refractivity contribution is -0.128. The average Bonchev–Trinajstić information content (AvgIpc) is 2.84. The number of aliphatic hydroxyl groups is 1. The van der Waals surface area contributed by atoms with Crippen LogP contribution in [0.15, 0.2) is 22.8 Å². The van der Waals surface area contributed by atoms with E-state index >= 15 is 0 Å². The van der Waals surface area contributed by atoms with Crippen LogP contribution >= 0.6 is 0 Å². The van der Waals surface area contributed by atoms with Crippen LogP contribution < -0.4 is 0 Å². The lowest BCUT2D eigenvalue weighted by Crippen LogP contribution is -2.47. The Balaban J connectivity index is 1.68. The van der Waals surface area contributed by atoms with Gasteiger partial charge < -0.3 is 14.9 Å². The standard InChI is InChI=1S/C15H22N2O2/c1-16-5-7-17(8-6-16)15(19)12-9-11-3-2-4-14(18)13(11)10-12/h10,14,18H,2-9H2,1H3. The van der Waals surface area contributed by atoms with Gasteiger partial charge in [0.2, 0.25) is 5.91 Å². The molecule has 1 aliphatic heterocycles. The molecule has 1 amide bonds. The first-order valence-electron chi connectivity index (χ1n) is 7.23. The Labute approximate surface area is 114 Å². The summed E-state index contributed by atoms with van der Waals surface area (Å²) >= 11 is 0. The molecule has 0 bridgehead atoms. The third kappa shape index (κ3) is 2.47. The molecule has 104 valence electrons. The molecule has 4 heteroatoms. The first kappa shape index (κ1) is 12.9. The fourth-order valence-electron chi connectivity index (χ4n) is 3.25. The normalized spacial score (nSPS) is 28.4. The zero-order chi connectivity index (χ0) is 13.4. The van der Waals surface area contributed by atoms with Gasteiger partial charge in [0.15, 0.2) is 0 Å². The van der Waals surface area contributed by atoms with Gasteiger partial charge in [-0.15, -0.1) is 0 Å². The predicted octanol–water partition coefficient (Wildman–Crippen LogP) is 0.932. The van der Waals surface area contributed by atoms with E-state index in [0.29, 0.717) is 0 Å². The molecule has 0 aromatic heterocycles. The number of hydrogen-bond donors (Lipinski definition) is 1. The SMILES string of the molecule is CN1CCN(C(=O)C2=CC3=C(CCCC3O)C2)CC1. The van der Waals surface area contributed by atoms with E-state index in [4.69, 9.17) is 0 Å². The largest absolute Gasteiger partial charge is 0.388 e. The Morgan fingerprint density at radius 3 is 2.74 bits per heavy atom. The molecule has 3 rings (SSSR count). The quantitative estimate of drug-likeness (QED) is 0.764.